The van der Waals surface area contributed by atoms with Crippen molar-refractivity contribution in [3.05, 3.63) is 90.8 Å². The number of nitrogens with one attached hydrogen (secondary N) is 2. The van der Waals surface area contributed by atoms with Crippen LogP contribution in [0.25, 0.3) is 16.7 Å². The zero-order chi connectivity index (χ0) is 31.2. The summed E-state index contributed by atoms with van der Waals surface area (Å²) in [5, 5.41) is 5.71. The van der Waals surface area contributed by atoms with E-state index in [0.717, 1.165) is 40.1 Å². The van der Waals surface area contributed by atoms with E-state index in [2.05, 4.69) is 22.2 Å². The smallest absolute Gasteiger partial charge is 0.411 e. The van der Waals surface area contributed by atoms with E-state index < -0.39 is 6.09 Å². The average Bonchev–Trinajstić information content (AvgIpc) is 3.50. The molecule has 0 saturated heterocycles. The highest BCUT2D eigenvalue weighted by molar-refractivity contribution is 5.99. The van der Waals surface area contributed by atoms with Gasteiger partial charge in [-0.2, -0.15) is 0 Å². The van der Waals surface area contributed by atoms with Crippen LogP contribution in [0.3, 0.4) is 0 Å². The van der Waals surface area contributed by atoms with Crippen LogP contribution in [-0.4, -0.2) is 51.0 Å². The predicted octanol–water partition coefficient (Wildman–Crippen LogP) is 6.37. The number of carbonyl (C=O) groups excluding carboxylic acids is 3. The van der Waals surface area contributed by atoms with Crippen molar-refractivity contribution in [2.24, 2.45) is 5.92 Å². The number of benzene rings is 1. The molecule has 2 aliphatic rings. The molecule has 2 bridgehead atoms. The summed E-state index contributed by atoms with van der Waals surface area (Å²) in [6.07, 6.45) is 13.1. The van der Waals surface area contributed by atoms with Gasteiger partial charge < -0.3 is 19.5 Å². The van der Waals surface area contributed by atoms with Crippen LogP contribution in [0.2, 0.25) is 0 Å². The Kier molecular flexibility index (Phi) is 9.38. The Morgan fingerprint density at radius 2 is 2.07 bits per heavy atom. The molecule has 4 heterocycles. The van der Waals surface area contributed by atoms with Crippen LogP contribution < -0.4 is 10.6 Å². The van der Waals surface area contributed by atoms with Crippen molar-refractivity contribution >= 4 is 34.9 Å². The molecule has 0 saturated carbocycles. The molecule has 10 heteroatoms. The van der Waals surface area contributed by atoms with Crippen LogP contribution >= 0.6 is 0 Å². The van der Waals surface area contributed by atoms with E-state index in [9.17, 15) is 14.4 Å². The Labute approximate surface area is 257 Å². The highest BCUT2D eigenvalue weighted by Crippen LogP contribution is 2.37. The number of imidazole rings is 1. The standard InChI is InChI=1S/C34H38N6O4/c1-5-23(6-2)20-39-21-35-19-31(39)25-13-15-40(32(41)17-25)30-9-7-8-22(3)33(42)38-28-18-26(37-34(43)44-4)10-11-27(28)24-12-14-36-29(30)16-24/h5-6,10-12,14,16-19,21-22,30H,1,7-9,13,15,20H2,2-4H3,(H,37,43)(H,38,42). The van der Waals surface area contributed by atoms with Crippen molar-refractivity contribution in [2.45, 2.75) is 52.1 Å². The number of amides is 3. The molecule has 2 unspecified atom stereocenters. The number of hydrogen-bond donors (Lipinski definition) is 2. The molecule has 1 aromatic carbocycles. The molecule has 10 nitrogen and oxygen atoms in total. The summed E-state index contributed by atoms with van der Waals surface area (Å²) in [5.74, 6) is -0.431. The van der Waals surface area contributed by atoms with Gasteiger partial charge in [-0.1, -0.05) is 38.1 Å². The molecule has 5 rings (SSSR count). The topological polar surface area (TPSA) is 118 Å². The first-order valence-corrected chi connectivity index (χ1v) is 14.9. The maximum Gasteiger partial charge on any atom is 0.411 e. The molecule has 2 N–H and O–H groups in total. The fourth-order valence-corrected chi connectivity index (χ4v) is 5.76. The van der Waals surface area contributed by atoms with Gasteiger partial charge in [0.1, 0.15) is 0 Å². The number of anilines is 2. The minimum absolute atomic E-state index is 0.0667. The number of nitrogens with zero attached hydrogens (tertiary/aromatic N) is 4. The number of methoxy groups -OCH3 is 1. The molecule has 0 fully saturated rings. The lowest BCUT2D eigenvalue weighted by Crippen LogP contribution is -2.38. The molecular formula is C34H38N6O4. The van der Waals surface area contributed by atoms with Gasteiger partial charge in [0.15, 0.2) is 0 Å². The first-order chi connectivity index (χ1) is 21.3. The summed E-state index contributed by atoms with van der Waals surface area (Å²) in [6, 6.07) is 8.95. The largest absolute Gasteiger partial charge is 0.453 e. The molecule has 2 aliphatic heterocycles. The van der Waals surface area contributed by atoms with Crippen LogP contribution in [0.5, 0.6) is 0 Å². The molecule has 3 amide bonds. The van der Waals surface area contributed by atoms with Gasteiger partial charge in [-0.15, -0.1) is 0 Å². The molecule has 0 radical (unpaired) electrons. The van der Waals surface area contributed by atoms with E-state index in [1.807, 2.05) is 59.9 Å². The van der Waals surface area contributed by atoms with Gasteiger partial charge in [0.25, 0.3) is 0 Å². The molecule has 0 aliphatic carbocycles. The lowest BCUT2D eigenvalue weighted by Gasteiger charge is -2.34. The van der Waals surface area contributed by atoms with E-state index in [-0.39, 0.29) is 23.8 Å². The molecule has 0 spiro atoms. The van der Waals surface area contributed by atoms with Gasteiger partial charge in [0.2, 0.25) is 11.8 Å². The second-order valence-electron chi connectivity index (χ2n) is 11.1. The summed E-state index contributed by atoms with van der Waals surface area (Å²) in [4.78, 5) is 49.7. The van der Waals surface area contributed by atoms with E-state index >= 15 is 0 Å². The number of pyridine rings is 1. The van der Waals surface area contributed by atoms with Gasteiger partial charge in [-0.05, 0) is 67.2 Å². The minimum Gasteiger partial charge on any atom is -0.453 e. The van der Waals surface area contributed by atoms with Crippen LogP contribution in [-0.2, 0) is 20.9 Å². The fourth-order valence-electron chi connectivity index (χ4n) is 5.76. The first-order valence-electron chi connectivity index (χ1n) is 14.9. The van der Waals surface area contributed by atoms with Crippen molar-refractivity contribution in [2.75, 3.05) is 24.3 Å². The van der Waals surface area contributed by atoms with Gasteiger partial charge in [0, 0.05) is 42.5 Å². The number of carbonyl (C=O) groups is 3. The molecule has 44 heavy (non-hydrogen) atoms. The van der Waals surface area contributed by atoms with Crippen molar-refractivity contribution in [1.29, 1.82) is 0 Å². The van der Waals surface area contributed by atoms with E-state index in [1.165, 1.54) is 7.11 Å². The van der Waals surface area contributed by atoms with Crippen LogP contribution in [0.1, 0.15) is 57.0 Å². The monoisotopic (exact) mass is 594 g/mol. The Morgan fingerprint density at radius 1 is 1.23 bits per heavy atom. The second kappa shape index (κ2) is 13.5. The van der Waals surface area contributed by atoms with Crippen LogP contribution in [0.15, 0.2) is 79.4 Å². The van der Waals surface area contributed by atoms with Crippen LogP contribution in [0.4, 0.5) is 16.2 Å². The Hall–Kier alpha value is -4.99. The van der Waals surface area contributed by atoms with E-state index in [4.69, 9.17) is 9.72 Å². The van der Waals surface area contributed by atoms with Gasteiger partial charge >= 0.3 is 6.09 Å². The zero-order valence-corrected chi connectivity index (χ0v) is 25.4. The van der Waals surface area contributed by atoms with E-state index in [0.29, 0.717) is 43.7 Å². The normalized spacial score (nSPS) is 19.1. The Bertz CT molecular complexity index is 1640. The van der Waals surface area contributed by atoms with E-state index in [1.54, 1.807) is 30.7 Å². The van der Waals surface area contributed by atoms with Crippen molar-refractivity contribution in [3.8, 4) is 11.1 Å². The molecule has 2 atom stereocenters. The lowest BCUT2D eigenvalue weighted by atomic mass is 9.93. The maximum atomic E-state index is 13.7. The third kappa shape index (κ3) is 6.64. The number of ether oxygens (including phenoxy) is 1. The summed E-state index contributed by atoms with van der Waals surface area (Å²) in [5.41, 5.74) is 6.45. The van der Waals surface area contributed by atoms with Crippen molar-refractivity contribution in [1.82, 2.24) is 19.4 Å². The van der Waals surface area contributed by atoms with Crippen molar-refractivity contribution < 1.29 is 19.1 Å². The van der Waals surface area contributed by atoms with Gasteiger partial charge in [0.05, 0.1) is 42.8 Å². The average molecular weight is 595 g/mol. The lowest BCUT2D eigenvalue weighted by molar-refractivity contribution is -0.129. The third-order valence-corrected chi connectivity index (χ3v) is 8.31. The summed E-state index contributed by atoms with van der Waals surface area (Å²) in [6.45, 7) is 8.95. The number of allylic oxidation sites excluding steroid dienone is 3. The fraction of sp³-hybridized carbons (Fsp3) is 0.324. The second-order valence-corrected chi connectivity index (χ2v) is 11.1. The SMILES string of the molecule is C=CC(=CC)Cn1cncc1C1=CC(=O)N(C2CCCC(C)C(=O)Nc3cc(NC(=O)OC)ccc3-c3ccnc2c3)CC1. The number of hydrogen-bond acceptors (Lipinski definition) is 6. The van der Waals surface area contributed by atoms with Crippen molar-refractivity contribution in [3.63, 3.8) is 0 Å². The van der Waals surface area contributed by atoms with Gasteiger partial charge in [-0.25, -0.2) is 9.78 Å². The highest BCUT2D eigenvalue weighted by Gasteiger charge is 2.30. The zero-order valence-electron chi connectivity index (χ0n) is 25.4. The molecular weight excluding hydrogens is 556 g/mol. The quantitative estimate of drug-likeness (QED) is 0.320. The third-order valence-electron chi connectivity index (χ3n) is 8.31. The summed E-state index contributed by atoms with van der Waals surface area (Å²) >= 11 is 0. The maximum absolute atomic E-state index is 13.7. The number of aromatic nitrogens is 3. The Morgan fingerprint density at radius 3 is 2.82 bits per heavy atom. The Balaban J connectivity index is 1.48. The molecule has 2 aromatic heterocycles. The molecule has 3 aromatic rings. The van der Waals surface area contributed by atoms with Gasteiger partial charge in [-0.3, -0.25) is 19.9 Å². The van der Waals surface area contributed by atoms with Crippen LogP contribution in [0, 0.1) is 5.92 Å². The summed E-state index contributed by atoms with van der Waals surface area (Å²) in [7, 11) is 1.30. The first kappa shape index (κ1) is 30.5. The number of rotatable bonds is 6. The number of fused-ring (bicyclic) bond motifs is 4. The predicted molar refractivity (Wildman–Crippen MR) is 171 cm³/mol. The minimum atomic E-state index is -0.598. The molecule has 228 valence electrons. The summed E-state index contributed by atoms with van der Waals surface area (Å²) < 4.78 is 6.77. The highest BCUT2D eigenvalue weighted by atomic mass is 16.5.